The van der Waals surface area contributed by atoms with Crippen molar-refractivity contribution in [2.45, 2.75) is 17.4 Å². The van der Waals surface area contributed by atoms with Gasteiger partial charge in [-0.3, -0.25) is 0 Å². The van der Waals surface area contributed by atoms with Crippen molar-refractivity contribution in [3.8, 4) is 0 Å². The number of aryl methyl sites for hydroxylation is 1. The number of ether oxygens (including phenoxy) is 1. The molecule has 2 rings (SSSR count). The van der Waals surface area contributed by atoms with Gasteiger partial charge in [-0.2, -0.15) is 0 Å². The van der Waals surface area contributed by atoms with Crippen molar-refractivity contribution < 1.29 is 4.74 Å². The highest BCUT2D eigenvalue weighted by Gasteiger charge is 2.24. The molecule has 1 atom stereocenters. The van der Waals surface area contributed by atoms with Crippen LogP contribution < -0.4 is 5.73 Å². The second kappa shape index (κ2) is 4.66. The lowest BCUT2D eigenvalue weighted by atomic mass is 10.3. The summed E-state index contributed by atoms with van der Waals surface area (Å²) in [5.74, 6) is 0. The highest BCUT2D eigenvalue weighted by atomic mass is 32.2. The molecule has 1 aliphatic rings. The third-order valence-electron chi connectivity index (χ3n) is 2.26. The van der Waals surface area contributed by atoms with Gasteiger partial charge >= 0.3 is 0 Å². The summed E-state index contributed by atoms with van der Waals surface area (Å²) in [5.41, 5.74) is 5.79. The third-order valence-corrected chi connectivity index (χ3v) is 4.95. The Kier molecular flexibility index (Phi) is 3.49. The lowest BCUT2D eigenvalue weighted by molar-refractivity contribution is 0.0453. The Balaban J connectivity index is 1.97. The van der Waals surface area contributed by atoms with Gasteiger partial charge in [-0.25, -0.2) is 0 Å². The van der Waals surface area contributed by atoms with Crippen LogP contribution in [0.4, 0.5) is 0 Å². The molecule has 1 unspecified atom stereocenters. The minimum absolute atomic E-state index is 0.461. The molecule has 0 aromatic carbocycles. The van der Waals surface area contributed by atoms with Crippen molar-refractivity contribution in [3.63, 3.8) is 0 Å². The van der Waals surface area contributed by atoms with Crippen LogP contribution in [-0.4, -0.2) is 25.0 Å². The van der Waals surface area contributed by atoms with Crippen molar-refractivity contribution in [2.24, 2.45) is 5.73 Å². The van der Waals surface area contributed by atoms with Gasteiger partial charge in [-0.05, 0) is 19.1 Å². The van der Waals surface area contributed by atoms with Crippen LogP contribution in [0.15, 0.2) is 12.1 Å². The Morgan fingerprint density at radius 2 is 2.43 bits per heavy atom. The molecule has 0 spiro atoms. The normalized spacial score (nSPS) is 19.3. The highest BCUT2D eigenvalue weighted by molar-refractivity contribution is 8.00. The molecule has 1 aromatic rings. The van der Waals surface area contributed by atoms with Crippen LogP contribution in [0.2, 0.25) is 0 Å². The molecule has 0 radical (unpaired) electrons. The maximum Gasteiger partial charge on any atom is 0.0608 e. The molecule has 0 bridgehead atoms. The lowest BCUT2D eigenvalue weighted by Gasteiger charge is -2.28. The summed E-state index contributed by atoms with van der Waals surface area (Å²) < 4.78 is 5.16. The van der Waals surface area contributed by atoms with Gasteiger partial charge in [0.1, 0.15) is 0 Å². The second-order valence-electron chi connectivity index (χ2n) is 3.47. The molecule has 2 N–H and O–H groups in total. The van der Waals surface area contributed by atoms with Crippen LogP contribution in [0.3, 0.4) is 0 Å². The van der Waals surface area contributed by atoms with E-state index in [1.807, 2.05) is 23.1 Å². The minimum Gasteiger partial charge on any atom is -0.379 e. The van der Waals surface area contributed by atoms with E-state index in [1.54, 1.807) is 0 Å². The predicted molar refractivity (Wildman–Crippen MR) is 63.0 cm³/mol. The van der Waals surface area contributed by atoms with Gasteiger partial charge in [0.15, 0.2) is 0 Å². The summed E-state index contributed by atoms with van der Waals surface area (Å²) in [4.78, 5) is 2.77. The average Bonchev–Trinajstić information content (AvgIpc) is 2.50. The van der Waals surface area contributed by atoms with E-state index in [2.05, 4.69) is 19.1 Å². The Morgan fingerprint density at radius 1 is 1.64 bits per heavy atom. The van der Waals surface area contributed by atoms with Crippen molar-refractivity contribution in [2.75, 3.05) is 19.8 Å². The monoisotopic (exact) mass is 229 g/mol. The van der Waals surface area contributed by atoms with Gasteiger partial charge in [-0.1, -0.05) is 0 Å². The first-order chi connectivity index (χ1) is 6.79. The van der Waals surface area contributed by atoms with Crippen molar-refractivity contribution in [3.05, 3.63) is 21.9 Å². The first kappa shape index (κ1) is 10.5. The fourth-order valence-electron chi connectivity index (χ4n) is 1.39. The molecule has 1 saturated heterocycles. The fraction of sp³-hybridized carbons (Fsp3) is 0.600. The molecule has 78 valence electrons. The maximum atomic E-state index is 5.79. The van der Waals surface area contributed by atoms with Gasteiger partial charge in [0.05, 0.1) is 23.7 Å². The van der Waals surface area contributed by atoms with Gasteiger partial charge in [0, 0.05) is 16.3 Å². The van der Waals surface area contributed by atoms with Crippen molar-refractivity contribution in [1.29, 1.82) is 0 Å². The Labute approximate surface area is 92.8 Å². The predicted octanol–water partition coefficient (Wildman–Crippen LogP) is 2.19. The Hall–Kier alpha value is -0.0300. The first-order valence-corrected chi connectivity index (χ1v) is 6.55. The zero-order valence-electron chi connectivity index (χ0n) is 8.23. The van der Waals surface area contributed by atoms with Crippen LogP contribution >= 0.6 is 23.1 Å². The average molecular weight is 229 g/mol. The number of hydrogen-bond acceptors (Lipinski definition) is 4. The van der Waals surface area contributed by atoms with E-state index in [0.29, 0.717) is 10.5 Å². The maximum absolute atomic E-state index is 5.79. The fourth-order valence-corrected chi connectivity index (χ4v) is 3.71. The van der Waals surface area contributed by atoms with E-state index < -0.39 is 0 Å². The topological polar surface area (TPSA) is 35.2 Å². The Morgan fingerprint density at radius 3 is 2.86 bits per heavy atom. The van der Waals surface area contributed by atoms with Crippen LogP contribution in [0, 0.1) is 6.92 Å². The molecule has 0 amide bonds. The molecule has 2 nitrogen and oxygen atoms in total. The van der Waals surface area contributed by atoms with E-state index in [4.69, 9.17) is 10.5 Å². The number of thioether (sulfide) groups is 1. The van der Waals surface area contributed by atoms with Crippen LogP contribution in [-0.2, 0) is 4.74 Å². The van der Waals surface area contributed by atoms with E-state index in [9.17, 15) is 0 Å². The minimum atomic E-state index is 0.461. The third kappa shape index (κ3) is 2.31. The standard InChI is InChI=1S/C10H15NOS2/c1-7-2-3-9(13-7)10(4-11)14-8-5-12-6-8/h2-3,8,10H,4-6,11H2,1H3. The molecule has 2 heterocycles. The van der Waals surface area contributed by atoms with Gasteiger partial charge in [0.25, 0.3) is 0 Å². The molecule has 0 aliphatic carbocycles. The van der Waals surface area contributed by atoms with Crippen LogP contribution in [0.5, 0.6) is 0 Å². The summed E-state index contributed by atoms with van der Waals surface area (Å²) >= 11 is 3.81. The molecular formula is C10H15NOS2. The van der Waals surface area contributed by atoms with Crippen molar-refractivity contribution >= 4 is 23.1 Å². The molecular weight excluding hydrogens is 214 g/mol. The number of hydrogen-bond donors (Lipinski definition) is 1. The molecule has 0 saturated carbocycles. The molecule has 1 aromatic heterocycles. The number of thiophene rings is 1. The van der Waals surface area contributed by atoms with Crippen LogP contribution in [0.1, 0.15) is 15.0 Å². The quantitative estimate of drug-likeness (QED) is 0.859. The smallest absolute Gasteiger partial charge is 0.0608 e. The van der Waals surface area contributed by atoms with E-state index in [0.717, 1.165) is 19.8 Å². The summed E-state index contributed by atoms with van der Waals surface area (Å²) in [6.45, 7) is 4.65. The van der Waals surface area contributed by atoms with Gasteiger partial charge in [0.2, 0.25) is 0 Å². The van der Waals surface area contributed by atoms with E-state index >= 15 is 0 Å². The Bertz CT molecular complexity index is 296. The highest BCUT2D eigenvalue weighted by Crippen LogP contribution is 2.37. The SMILES string of the molecule is Cc1ccc(C(CN)SC2COC2)s1. The molecule has 4 heteroatoms. The van der Waals surface area contributed by atoms with Crippen molar-refractivity contribution in [1.82, 2.24) is 0 Å². The molecule has 1 fully saturated rings. The zero-order chi connectivity index (χ0) is 9.97. The van der Waals surface area contributed by atoms with Gasteiger partial charge in [-0.15, -0.1) is 23.1 Å². The lowest BCUT2D eigenvalue weighted by Crippen LogP contribution is -2.31. The summed E-state index contributed by atoms with van der Waals surface area (Å²) in [6, 6.07) is 4.37. The zero-order valence-corrected chi connectivity index (χ0v) is 9.87. The number of rotatable bonds is 4. The van der Waals surface area contributed by atoms with Crippen LogP contribution in [0.25, 0.3) is 0 Å². The summed E-state index contributed by atoms with van der Waals surface area (Å²) in [6.07, 6.45) is 0. The summed E-state index contributed by atoms with van der Waals surface area (Å²) in [7, 11) is 0. The number of nitrogens with two attached hydrogens (primary N) is 1. The van der Waals surface area contributed by atoms with Gasteiger partial charge < -0.3 is 10.5 Å². The largest absolute Gasteiger partial charge is 0.379 e. The second-order valence-corrected chi connectivity index (χ2v) is 6.30. The van der Waals surface area contributed by atoms with E-state index in [-0.39, 0.29) is 0 Å². The van der Waals surface area contributed by atoms with E-state index in [1.165, 1.54) is 9.75 Å². The molecule has 14 heavy (non-hydrogen) atoms. The summed E-state index contributed by atoms with van der Waals surface area (Å²) in [5, 5.41) is 1.12. The first-order valence-electron chi connectivity index (χ1n) is 4.79. The molecule has 1 aliphatic heterocycles.